The van der Waals surface area contributed by atoms with Crippen molar-refractivity contribution in [1.82, 2.24) is 0 Å². The van der Waals surface area contributed by atoms with Crippen molar-refractivity contribution in [3.8, 4) is 5.75 Å². The van der Waals surface area contributed by atoms with Gasteiger partial charge in [0.1, 0.15) is 5.75 Å². The van der Waals surface area contributed by atoms with Crippen LogP contribution in [0.3, 0.4) is 0 Å². The smallest absolute Gasteiger partial charge is 0.119 e. The number of rotatable bonds is 3. The molecule has 1 fully saturated rings. The van der Waals surface area contributed by atoms with Gasteiger partial charge >= 0.3 is 0 Å². The SMILES string of the molecule is CC(C)Oc1cccc(C2(C)CCC(N)C2)c1. The molecule has 2 N–H and O–H groups in total. The molecule has 2 nitrogen and oxygen atoms in total. The maximum absolute atomic E-state index is 6.04. The van der Waals surface area contributed by atoms with Crippen LogP contribution in [0.5, 0.6) is 5.75 Å². The van der Waals surface area contributed by atoms with E-state index in [1.54, 1.807) is 0 Å². The molecule has 94 valence electrons. The topological polar surface area (TPSA) is 35.2 Å². The largest absolute Gasteiger partial charge is 0.491 e. The van der Waals surface area contributed by atoms with Crippen LogP contribution in [0.2, 0.25) is 0 Å². The van der Waals surface area contributed by atoms with Crippen molar-refractivity contribution >= 4 is 0 Å². The van der Waals surface area contributed by atoms with Gasteiger partial charge in [-0.3, -0.25) is 0 Å². The zero-order valence-corrected chi connectivity index (χ0v) is 11.1. The predicted molar refractivity (Wildman–Crippen MR) is 71.4 cm³/mol. The Hall–Kier alpha value is -1.02. The zero-order chi connectivity index (χ0) is 12.5. The second-order valence-electron chi connectivity index (χ2n) is 5.76. The van der Waals surface area contributed by atoms with Crippen molar-refractivity contribution < 1.29 is 4.74 Å². The van der Waals surface area contributed by atoms with Gasteiger partial charge in [-0.25, -0.2) is 0 Å². The van der Waals surface area contributed by atoms with E-state index in [1.807, 2.05) is 6.07 Å². The molecule has 17 heavy (non-hydrogen) atoms. The second kappa shape index (κ2) is 4.69. The van der Waals surface area contributed by atoms with Crippen molar-refractivity contribution in [3.05, 3.63) is 29.8 Å². The molecule has 1 saturated carbocycles. The summed E-state index contributed by atoms with van der Waals surface area (Å²) in [5, 5.41) is 0. The van der Waals surface area contributed by atoms with Crippen molar-refractivity contribution in [1.29, 1.82) is 0 Å². The average Bonchev–Trinajstić information content (AvgIpc) is 2.59. The summed E-state index contributed by atoms with van der Waals surface area (Å²) in [7, 11) is 0. The summed E-state index contributed by atoms with van der Waals surface area (Å²) in [4.78, 5) is 0. The van der Waals surface area contributed by atoms with Gasteiger partial charge in [-0.1, -0.05) is 19.1 Å². The summed E-state index contributed by atoms with van der Waals surface area (Å²) in [5.74, 6) is 0.971. The summed E-state index contributed by atoms with van der Waals surface area (Å²) >= 11 is 0. The van der Waals surface area contributed by atoms with E-state index >= 15 is 0 Å². The molecular formula is C15H23NO. The van der Waals surface area contributed by atoms with Crippen LogP contribution in [0.4, 0.5) is 0 Å². The molecular weight excluding hydrogens is 210 g/mol. The molecule has 2 unspecified atom stereocenters. The minimum absolute atomic E-state index is 0.226. The van der Waals surface area contributed by atoms with Crippen LogP contribution in [-0.2, 0) is 5.41 Å². The molecule has 0 aromatic heterocycles. The summed E-state index contributed by atoms with van der Waals surface area (Å²) in [5.41, 5.74) is 7.63. The lowest BCUT2D eigenvalue weighted by atomic mass is 9.81. The van der Waals surface area contributed by atoms with E-state index in [-0.39, 0.29) is 11.5 Å². The minimum atomic E-state index is 0.226. The minimum Gasteiger partial charge on any atom is -0.491 e. The first-order valence-corrected chi connectivity index (χ1v) is 6.52. The third kappa shape index (κ3) is 2.81. The molecule has 2 heteroatoms. The maximum Gasteiger partial charge on any atom is 0.119 e. The van der Waals surface area contributed by atoms with Gasteiger partial charge in [0.25, 0.3) is 0 Å². The quantitative estimate of drug-likeness (QED) is 0.870. The molecule has 1 aromatic carbocycles. The molecule has 1 aromatic rings. The lowest BCUT2D eigenvalue weighted by Crippen LogP contribution is -2.22. The Kier molecular flexibility index (Phi) is 3.43. The third-order valence-electron chi connectivity index (χ3n) is 3.68. The first-order chi connectivity index (χ1) is 7.99. The Labute approximate surface area is 104 Å². The van der Waals surface area contributed by atoms with Gasteiger partial charge in [0, 0.05) is 6.04 Å². The monoisotopic (exact) mass is 233 g/mol. The zero-order valence-electron chi connectivity index (χ0n) is 11.1. The van der Waals surface area contributed by atoms with Crippen molar-refractivity contribution in [2.45, 2.75) is 57.6 Å². The highest BCUT2D eigenvalue weighted by atomic mass is 16.5. The van der Waals surface area contributed by atoms with E-state index in [0.29, 0.717) is 6.04 Å². The molecule has 1 aliphatic rings. The van der Waals surface area contributed by atoms with Gasteiger partial charge < -0.3 is 10.5 Å². The average molecular weight is 233 g/mol. The van der Waals surface area contributed by atoms with Gasteiger partial charge in [-0.05, 0) is 56.2 Å². The van der Waals surface area contributed by atoms with Crippen LogP contribution in [0.1, 0.15) is 45.6 Å². The molecule has 1 aliphatic carbocycles. The van der Waals surface area contributed by atoms with Crippen LogP contribution < -0.4 is 10.5 Å². The number of hydrogen-bond donors (Lipinski definition) is 1. The van der Waals surface area contributed by atoms with Gasteiger partial charge in [0.05, 0.1) is 6.10 Å². The molecule has 2 rings (SSSR count). The summed E-state index contributed by atoms with van der Waals surface area (Å²) in [6.07, 6.45) is 3.62. The molecule has 0 heterocycles. The van der Waals surface area contributed by atoms with E-state index in [0.717, 1.165) is 18.6 Å². The molecule has 0 bridgehead atoms. The van der Waals surface area contributed by atoms with E-state index in [9.17, 15) is 0 Å². The lowest BCUT2D eigenvalue weighted by molar-refractivity contribution is 0.241. The Morgan fingerprint density at radius 1 is 1.41 bits per heavy atom. The molecule has 0 amide bonds. The number of hydrogen-bond acceptors (Lipinski definition) is 2. The van der Waals surface area contributed by atoms with Crippen LogP contribution in [-0.4, -0.2) is 12.1 Å². The number of nitrogens with two attached hydrogens (primary N) is 1. The molecule has 2 atom stereocenters. The van der Waals surface area contributed by atoms with Gasteiger partial charge in [0.2, 0.25) is 0 Å². The Morgan fingerprint density at radius 3 is 2.76 bits per heavy atom. The van der Waals surface area contributed by atoms with Crippen LogP contribution in [0.15, 0.2) is 24.3 Å². The highest BCUT2D eigenvalue weighted by molar-refractivity contribution is 5.34. The third-order valence-corrected chi connectivity index (χ3v) is 3.68. The van der Waals surface area contributed by atoms with E-state index in [1.165, 1.54) is 12.0 Å². The van der Waals surface area contributed by atoms with Crippen LogP contribution in [0.25, 0.3) is 0 Å². The van der Waals surface area contributed by atoms with Gasteiger partial charge in [0.15, 0.2) is 0 Å². The Morgan fingerprint density at radius 2 is 2.18 bits per heavy atom. The highest BCUT2D eigenvalue weighted by Gasteiger charge is 2.34. The second-order valence-corrected chi connectivity index (χ2v) is 5.76. The van der Waals surface area contributed by atoms with E-state index in [2.05, 4.69) is 39.0 Å². The predicted octanol–water partition coefficient (Wildman–Crippen LogP) is 3.24. The summed E-state index contributed by atoms with van der Waals surface area (Å²) in [6, 6.07) is 8.85. The first-order valence-electron chi connectivity index (χ1n) is 6.52. The standard InChI is InChI=1S/C15H23NO/c1-11(2)17-14-6-4-5-12(9-14)15(3)8-7-13(16)10-15/h4-6,9,11,13H,7-8,10,16H2,1-3H3. The highest BCUT2D eigenvalue weighted by Crippen LogP contribution is 2.40. The number of ether oxygens (including phenoxy) is 1. The van der Waals surface area contributed by atoms with E-state index in [4.69, 9.17) is 10.5 Å². The first kappa shape index (κ1) is 12.4. The fraction of sp³-hybridized carbons (Fsp3) is 0.600. The molecule has 0 aliphatic heterocycles. The van der Waals surface area contributed by atoms with Crippen molar-refractivity contribution in [2.75, 3.05) is 0 Å². The molecule has 0 spiro atoms. The number of benzene rings is 1. The lowest BCUT2D eigenvalue weighted by Gasteiger charge is -2.25. The molecule has 0 radical (unpaired) electrons. The van der Waals surface area contributed by atoms with Gasteiger partial charge in [-0.2, -0.15) is 0 Å². The van der Waals surface area contributed by atoms with Crippen LogP contribution >= 0.6 is 0 Å². The fourth-order valence-corrected chi connectivity index (χ4v) is 2.77. The summed E-state index contributed by atoms with van der Waals surface area (Å²) in [6.45, 7) is 6.42. The van der Waals surface area contributed by atoms with Gasteiger partial charge in [-0.15, -0.1) is 0 Å². The van der Waals surface area contributed by atoms with E-state index < -0.39 is 0 Å². The summed E-state index contributed by atoms with van der Waals surface area (Å²) < 4.78 is 5.75. The maximum atomic E-state index is 6.04. The molecule has 0 saturated heterocycles. The van der Waals surface area contributed by atoms with Crippen molar-refractivity contribution in [2.24, 2.45) is 5.73 Å². The van der Waals surface area contributed by atoms with Crippen LogP contribution in [0, 0.1) is 0 Å². The Balaban J connectivity index is 2.21. The normalized spacial score (nSPS) is 28.6. The Bertz CT molecular complexity index is 388. The van der Waals surface area contributed by atoms with Crippen molar-refractivity contribution in [3.63, 3.8) is 0 Å². The fourth-order valence-electron chi connectivity index (χ4n) is 2.77.